The summed E-state index contributed by atoms with van der Waals surface area (Å²) >= 11 is 0. The summed E-state index contributed by atoms with van der Waals surface area (Å²) in [7, 11) is 6.79. The Kier molecular flexibility index (Phi) is 6.13. The lowest BCUT2D eigenvalue weighted by Crippen LogP contribution is -2.30. The Labute approximate surface area is 98.8 Å². The number of amidine groups is 2. The van der Waals surface area contributed by atoms with E-state index in [0.717, 1.165) is 5.84 Å². The molecular weight excluding hydrogens is 204 g/mol. The van der Waals surface area contributed by atoms with Gasteiger partial charge in [-0.3, -0.25) is 9.98 Å². The lowest BCUT2D eigenvalue weighted by Gasteiger charge is -2.11. The molecule has 0 radical (unpaired) electrons. The minimum absolute atomic E-state index is 0.204. The summed E-state index contributed by atoms with van der Waals surface area (Å²) in [5.41, 5.74) is 0. The molecule has 16 heavy (non-hydrogen) atoms. The van der Waals surface area contributed by atoms with Gasteiger partial charge in [-0.1, -0.05) is 0 Å². The van der Waals surface area contributed by atoms with Gasteiger partial charge in [0.15, 0.2) is 0 Å². The fourth-order valence-electron chi connectivity index (χ4n) is 1.24. The van der Waals surface area contributed by atoms with Crippen molar-refractivity contribution in [2.45, 2.75) is 25.9 Å². The number of aliphatic imine (C=N–C) groups is 2. The van der Waals surface area contributed by atoms with Crippen molar-refractivity contribution in [1.29, 1.82) is 0 Å². The molecule has 2 unspecified atom stereocenters. The van der Waals surface area contributed by atoms with E-state index in [4.69, 9.17) is 1.37 Å². The Morgan fingerprint density at radius 2 is 1.50 bits per heavy atom. The van der Waals surface area contributed by atoms with E-state index >= 15 is 0 Å². The number of hydrogen-bond donors (Lipinski definition) is 2. The molecule has 92 valence electrons. The van der Waals surface area contributed by atoms with Crippen LogP contribution in [-0.2, 0) is 0 Å². The number of hydrogen-bond acceptors (Lipinski definition) is 4. The first-order valence-electron chi connectivity index (χ1n) is 5.64. The summed E-state index contributed by atoms with van der Waals surface area (Å²) in [6.07, 6.45) is 0. The molecule has 0 aliphatic carbocycles. The van der Waals surface area contributed by atoms with E-state index in [-0.39, 0.29) is 6.04 Å². The molecule has 0 aromatic carbocycles. The molecule has 0 saturated heterocycles. The van der Waals surface area contributed by atoms with E-state index in [0.29, 0.717) is 5.84 Å². The predicted molar refractivity (Wildman–Crippen MR) is 68.6 cm³/mol. The number of nitrogens with one attached hydrogen (secondary N) is 2. The second-order valence-corrected chi connectivity index (χ2v) is 3.16. The lowest BCUT2D eigenvalue weighted by atomic mass is 10.3. The van der Waals surface area contributed by atoms with Crippen LogP contribution in [0.4, 0.5) is 0 Å². The first-order chi connectivity index (χ1) is 7.92. The van der Waals surface area contributed by atoms with Crippen LogP contribution in [0, 0.1) is 0 Å². The van der Waals surface area contributed by atoms with Crippen LogP contribution in [0.2, 0.25) is 0 Å². The van der Waals surface area contributed by atoms with Crippen molar-refractivity contribution in [1.82, 2.24) is 10.6 Å². The normalized spacial score (nSPS) is 20.2. The van der Waals surface area contributed by atoms with Crippen LogP contribution in [-0.4, -0.2) is 51.9 Å². The van der Waals surface area contributed by atoms with Crippen molar-refractivity contribution >= 4 is 11.7 Å². The zero-order chi connectivity index (χ0) is 13.5. The molecule has 6 heteroatoms. The summed E-state index contributed by atoms with van der Waals surface area (Å²) < 4.78 is 8.02. The molecule has 0 aliphatic heterocycles. The minimum Gasteiger partial charge on any atom is -0.375 e. The summed E-state index contributed by atoms with van der Waals surface area (Å²) in [6.45, 7) is 3.49. The van der Waals surface area contributed by atoms with Gasteiger partial charge in [0.1, 0.15) is 23.7 Å². The van der Waals surface area contributed by atoms with E-state index in [2.05, 4.69) is 30.8 Å². The van der Waals surface area contributed by atoms with Crippen molar-refractivity contribution in [3.05, 3.63) is 0 Å². The first kappa shape index (κ1) is 12.6. The molecule has 2 N–H and O–H groups in total. The van der Waals surface area contributed by atoms with E-state index < -0.39 is 6.02 Å². The molecule has 0 rings (SSSR count). The van der Waals surface area contributed by atoms with Gasteiger partial charge >= 0.3 is 0 Å². The van der Waals surface area contributed by atoms with E-state index in [1.54, 1.807) is 35.1 Å². The molecule has 0 amide bonds. The van der Waals surface area contributed by atoms with Crippen LogP contribution in [0.3, 0.4) is 0 Å². The Morgan fingerprint density at radius 1 is 1.00 bits per heavy atom. The van der Waals surface area contributed by atoms with Crippen molar-refractivity contribution in [3.8, 4) is 0 Å². The molecule has 0 bridgehead atoms. The Hall–Kier alpha value is -1.46. The van der Waals surface area contributed by atoms with Gasteiger partial charge in [0.25, 0.3) is 0 Å². The van der Waals surface area contributed by atoms with Crippen molar-refractivity contribution < 1.29 is 1.37 Å². The van der Waals surface area contributed by atoms with Crippen LogP contribution < -0.4 is 10.6 Å². The maximum atomic E-state index is 8.02. The highest BCUT2D eigenvalue weighted by molar-refractivity contribution is 5.87. The number of likely N-dealkylation sites (N-methyl/N-ethyl adjacent to an activating group) is 2. The minimum atomic E-state index is -1.20. The van der Waals surface area contributed by atoms with Gasteiger partial charge in [-0.2, -0.15) is 10.2 Å². The van der Waals surface area contributed by atoms with Gasteiger partial charge in [0.05, 0.1) is 1.37 Å². The monoisotopic (exact) mass is 227 g/mol. The molecule has 0 aliphatic rings. The second kappa shape index (κ2) is 7.78. The summed E-state index contributed by atoms with van der Waals surface area (Å²) in [4.78, 5) is 8.00. The third kappa shape index (κ3) is 4.37. The highest BCUT2D eigenvalue weighted by atomic mass is 15.2. The molecule has 0 saturated carbocycles. The van der Waals surface area contributed by atoms with Gasteiger partial charge in [-0.25, -0.2) is 0 Å². The van der Waals surface area contributed by atoms with Crippen LogP contribution in [0.15, 0.2) is 20.2 Å². The van der Waals surface area contributed by atoms with Gasteiger partial charge in [-0.15, -0.1) is 0 Å². The van der Waals surface area contributed by atoms with Gasteiger partial charge in [0.2, 0.25) is 0 Å². The molecule has 0 heterocycles. The Morgan fingerprint density at radius 3 is 1.88 bits per heavy atom. The summed E-state index contributed by atoms with van der Waals surface area (Å²) in [6, 6.07) is -1.41. The maximum absolute atomic E-state index is 8.02. The maximum Gasteiger partial charge on any atom is 0.125 e. The lowest BCUT2D eigenvalue weighted by molar-refractivity contribution is 0.757. The number of nitrogens with zero attached hydrogens (tertiary/aromatic N) is 4. The first-order valence-corrected chi connectivity index (χ1v) is 5.14. The average molecular weight is 227 g/mol. The van der Waals surface area contributed by atoms with Crippen molar-refractivity contribution in [3.63, 3.8) is 0 Å². The Bertz CT molecular complexity index is 321. The molecule has 2 atom stereocenters. The van der Waals surface area contributed by atoms with E-state index in [1.807, 2.05) is 6.92 Å². The fourth-order valence-corrected chi connectivity index (χ4v) is 1.24. The number of rotatable bonds is 4. The zero-order valence-corrected chi connectivity index (χ0v) is 10.9. The highest BCUT2D eigenvalue weighted by Crippen LogP contribution is 1.98. The highest BCUT2D eigenvalue weighted by Gasteiger charge is 2.09. The molecular formula is C10H22N6. The Balaban J connectivity index is 4.83. The van der Waals surface area contributed by atoms with Crippen molar-refractivity contribution in [2.24, 2.45) is 20.2 Å². The zero-order valence-electron chi connectivity index (χ0n) is 11.9. The summed E-state index contributed by atoms with van der Waals surface area (Å²) in [5, 5.41) is 13.8. The fraction of sp³-hybridized carbons (Fsp3) is 0.800. The van der Waals surface area contributed by atoms with Gasteiger partial charge in [-0.05, 0) is 13.8 Å². The van der Waals surface area contributed by atoms with Crippen LogP contribution in [0.25, 0.3) is 0 Å². The SMILES string of the molecule is [2H]C(C)(N=NC(C)C(=NC)NC)C(=NC)NC. The van der Waals surface area contributed by atoms with Crippen LogP contribution in [0.1, 0.15) is 15.2 Å². The van der Waals surface area contributed by atoms with Gasteiger partial charge in [0, 0.05) is 28.2 Å². The van der Waals surface area contributed by atoms with Crippen molar-refractivity contribution in [2.75, 3.05) is 28.2 Å². The second-order valence-electron chi connectivity index (χ2n) is 3.16. The standard InChI is InChI=1S/C10H22N6/c1-7(9(11-3)12-4)15-16-8(2)10(13-5)14-6/h7-8H,1-6H3,(H,11,12)(H,13,14)/i7D. The topological polar surface area (TPSA) is 73.5 Å². The molecule has 0 aromatic heterocycles. The third-order valence-corrected chi connectivity index (χ3v) is 2.08. The molecule has 0 aromatic rings. The quantitative estimate of drug-likeness (QED) is 0.422. The van der Waals surface area contributed by atoms with Crippen LogP contribution >= 0.6 is 0 Å². The molecule has 6 nitrogen and oxygen atoms in total. The molecule has 0 fully saturated rings. The predicted octanol–water partition coefficient (Wildman–Crippen LogP) is 0.711. The van der Waals surface area contributed by atoms with E-state index in [9.17, 15) is 0 Å². The average Bonchev–Trinajstić information content (AvgIpc) is 2.29. The van der Waals surface area contributed by atoms with E-state index in [1.165, 1.54) is 0 Å². The largest absolute Gasteiger partial charge is 0.375 e. The summed E-state index contributed by atoms with van der Waals surface area (Å²) in [5.74, 6) is 1.19. The molecule has 0 spiro atoms. The smallest absolute Gasteiger partial charge is 0.125 e. The number of azo groups is 1. The third-order valence-electron chi connectivity index (χ3n) is 2.08. The van der Waals surface area contributed by atoms with Gasteiger partial charge < -0.3 is 10.6 Å². The van der Waals surface area contributed by atoms with Crippen LogP contribution in [0.5, 0.6) is 0 Å².